The molecule has 2 N–H and O–H groups in total. The molecule has 0 aliphatic carbocycles. The molecule has 0 spiro atoms. The molecular weight excluding hydrogens is 356 g/mol. The van der Waals surface area contributed by atoms with Crippen molar-refractivity contribution < 1.29 is 14.3 Å². The zero-order chi connectivity index (χ0) is 19.3. The first-order chi connectivity index (χ1) is 13.7. The number of aromatic nitrogens is 1. The van der Waals surface area contributed by atoms with Gasteiger partial charge in [-0.1, -0.05) is 18.2 Å². The molecule has 1 aromatic carbocycles. The Bertz CT molecular complexity index is 828. The van der Waals surface area contributed by atoms with Gasteiger partial charge in [0.15, 0.2) is 0 Å². The van der Waals surface area contributed by atoms with Crippen LogP contribution in [0.5, 0.6) is 0 Å². The largest absolute Gasteiger partial charge is 0.368 e. The fraction of sp³-hybridized carbons (Fsp3) is 0.524. The Morgan fingerprint density at radius 2 is 1.93 bits per heavy atom. The molecule has 1 aromatic heterocycles. The number of amides is 3. The summed E-state index contributed by atoms with van der Waals surface area (Å²) in [7, 11) is 0. The van der Waals surface area contributed by atoms with Crippen LogP contribution in [0.15, 0.2) is 30.5 Å². The van der Waals surface area contributed by atoms with Gasteiger partial charge in [0.25, 0.3) is 5.91 Å². The lowest BCUT2D eigenvalue weighted by atomic mass is 10.1. The summed E-state index contributed by atoms with van der Waals surface area (Å²) in [6.07, 6.45) is 5.08. The molecular formula is C21H28N4O3. The van der Waals surface area contributed by atoms with E-state index < -0.39 is 0 Å². The number of rotatable bonds is 4. The first kappa shape index (κ1) is 18.8. The molecule has 0 radical (unpaired) electrons. The van der Waals surface area contributed by atoms with Crippen molar-refractivity contribution in [2.75, 3.05) is 39.3 Å². The molecule has 2 aliphatic heterocycles. The predicted molar refractivity (Wildman–Crippen MR) is 107 cm³/mol. The molecule has 0 saturated carbocycles. The highest BCUT2D eigenvalue weighted by atomic mass is 16.5. The Kier molecular flexibility index (Phi) is 5.81. The maximum atomic E-state index is 12.6. The number of nitrogens with zero attached hydrogens (tertiary/aromatic N) is 2. The van der Waals surface area contributed by atoms with Crippen LogP contribution in [-0.2, 0) is 16.0 Å². The number of aromatic amines is 1. The fourth-order valence-electron chi connectivity index (χ4n) is 4.07. The highest BCUT2D eigenvalue weighted by Gasteiger charge is 2.30. The molecule has 4 rings (SSSR count). The Labute approximate surface area is 165 Å². The van der Waals surface area contributed by atoms with E-state index in [-0.39, 0.29) is 18.0 Å². The van der Waals surface area contributed by atoms with E-state index in [0.717, 1.165) is 31.2 Å². The number of nitrogens with one attached hydrogen (secondary N) is 2. The lowest BCUT2D eigenvalue weighted by molar-refractivity contribution is -0.140. The fourth-order valence-corrected chi connectivity index (χ4v) is 4.07. The van der Waals surface area contributed by atoms with Gasteiger partial charge in [-0.05, 0) is 37.3 Å². The molecule has 3 amide bonds. The summed E-state index contributed by atoms with van der Waals surface area (Å²) in [6.45, 7) is 3.78. The highest BCUT2D eigenvalue weighted by molar-refractivity contribution is 5.83. The Hall–Kier alpha value is -2.54. The van der Waals surface area contributed by atoms with Gasteiger partial charge in [0.1, 0.15) is 6.10 Å². The SMILES string of the molecule is O=C(NCCc1c[nH]c2ccccc12)N1CCCN(C(=O)[C@@H]2CCCO2)CC1. The van der Waals surface area contributed by atoms with Crippen LogP contribution < -0.4 is 5.32 Å². The number of ether oxygens (including phenoxy) is 1. The minimum absolute atomic E-state index is 0.0498. The number of urea groups is 1. The summed E-state index contributed by atoms with van der Waals surface area (Å²) in [5, 5.41) is 4.23. The highest BCUT2D eigenvalue weighted by Crippen LogP contribution is 2.18. The summed E-state index contributed by atoms with van der Waals surface area (Å²) in [4.78, 5) is 32.0. The third-order valence-electron chi connectivity index (χ3n) is 5.65. The van der Waals surface area contributed by atoms with Gasteiger partial charge in [-0.3, -0.25) is 4.79 Å². The van der Waals surface area contributed by atoms with Crippen LogP contribution in [0.3, 0.4) is 0 Å². The zero-order valence-corrected chi connectivity index (χ0v) is 16.2. The van der Waals surface area contributed by atoms with E-state index in [1.807, 2.05) is 28.1 Å². The molecule has 28 heavy (non-hydrogen) atoms. The van der Waals surface area contributed by atoms with Crippen molar-refractivity contribution in [2.45, 2.75) is 31.8 Å². The lowest BCUT2D eigenvalue weighted by Gasteiger charge is -2.24. The van der Waals surface area contributed by atoms with Crippen molar-refractivity contribution in [3.63, 3.8) is 0 Å². The topological polar surface area (TPSA) is 77.7 Å². The summed E-state index contributed by atoms with van der Waals surface area (Å²) < 4.78 is 5.52. The van der Waals surface area contributed by atoms with Crippen LogP contribution >= 0.6 is 0 Å². The molecule has 1 atom stereocenters. The second-order valence-corrected chi connectivity index (χ2v) is 7.51. The molecule has 0 unspecified atom stereocenters. The molecule has 2 fully saturated rings. The van der Waals surface area contributed by atoms with Crippen molar-refractivity contribution in [1.29, 1.82) is 0 Å². The van der Waals surface area contributed by atoms with Gasteiger partial charge in [0.05, 0.1) is 0 Å². The van der Waals surface area contributed by atoms with E-state index in [4.69, 9.17) is 4.74 Å². The van der Waals surface area contributed by atoms with Crippen molar-refractivity contribution in [3.8, 4) is 0 Å². The van der Waals surface area contributed by atoms with Gasteiger partial charge in [0, 0.05) is 56.4 Å². The quantitative estimate of drug-likeness (QED) is 0.848. The minimum Gasteiger partial charge on any atom is -0.368 e. The minimum atomic E-state index is -0.281. The van der Waals surface area contributed by atoms with E-state index in [0.29, 0.717) is 39.3 Å². The van der Waals surface area contributed by atoms with Gasteiger partial charge in [0.2, 0.25) is 0 Å². The van der Waals surface area contributed by atoms with Crippen LogP contribution in [-0.4, -0.2) is 72.2 Å². The van der Waals surface area contributed by atoms with Gasteiger partial charge in [-0.2, -0.15) is 0 Å². The second-order valence-electron chi connectivity index (χ2n) is 7.51. The summed E-state index contributed by atoms with van der Waals surface area (Å²) in [6, 6.07) is 8.14. The van der Waals surface area contributed by atoms with E-state index >= 15 is 0 Å². The number of hydrogen-bond acceptors (Lipinski definition) is 3. The van der Waals surface area contributed by atoms with E-state index in [2.05, 4.69) is 22.4 Å². The van der Waals surface area contributed by atoms with Crippen LogP contribution in [0.4, 0.5) is 4.79 Å². The van der Waals surface area contributed by atoms with E-state index in [9.17, 15) is 9.59 Å². The van der Waals surface area contributed by atoms with Gasteiger partial charge in [-0.15, -0.1) is 0 Å². The lowest BCUT2D eigenvalue weighted by Crippen LogP contribution is -2.44. The Balaban J connectivity index is 1.25. The van der Waals surface area contributed by atoms with E-state index in [1.54, 1.807) is 0 Å². The summed E-state index contributed by atoms with van der Waals surface area (Å²) in [5.41, 5.74) is 2.33. The Morgan fingerprint density at radius 1 is 1.11 bits per heavy atom. The van der Waals surface area contributed by atoms with E-state index in [1.165, 1.54) is 10.9 Å². The number of carbonyl (C=O) groups excluding carboxylic acids is 2. The zero-order valence-electron chi connectivity index (χ0n) is 16.2. The Morgan fingerprint density at radius 3 is 2.79 bits per heavy atom. The average molecular weight is 384 g/mol. The number of carbonyl (C=O) groups is 2. The van der Waals surface area contributed by atoms with Gasteiger partial charge in [-0.25, -0.2) is 4.79 Å². The van der Waals surface area contributed by atoms with Gasteiger partial charge < -0.3 is 24.8 Å². The smallest absolute Gasteiger partial charge is 0.317 e. The molecule has 0 bridgehead atoms. The number of hydrogen-bond donors (Lipinski definition) is 2. The normalized spacial score (nSPS) is 20.4. The third-order valence-corrected chi connectivity index (χ3v) is 5.65. The second kappa shape index (κ2) is 8.65. The number of benzene rings is 1. The number of H-pyrrole nitrogens is 1. The van der Waals surface area contributed by atoms with Crippen molar-refractivity contribution in [3.05, 3.63) is 36.0 Å². The maximum absolute atomic E-state index is 12.6. The van der Waals surface area contributed by atoms with Crippen LogP contribution in [0, 0.1) is 0 Å². The monoisotopic (exact) mass is 384 g/mol. The molecule has 2 aliphatic rings. The number of fused-ring (bicyclic) bond motifs is 1. The molecule has 2 saturated heterocycles. The van der Waals surface area contributed by atoms with Crippen molar-refractivity contribution in [2.24, 2.45) is 0 Å². The third kappa shape index (κ3) is 4.14. The molecule has 150 valence electrons. The molecule has 7 heteroatoms. The molecule has 3 heterocycles. The first-order valence-corrected chi connectivity index (χ1v) is 10.2. The van der Waals surface area contributed by atoms with Crippen LogP contribution in [0.2, 0.25) is 0 Å². The standard InChI is InChI=1S/C21H28N4O3/c26-20(19-7-3-14-28-19)24-10-4-11-25(13-12-24)21(27)22-9-8-16-15-23-18-6-2-1-5-17(16)18/h1-2,5-6,15,19,23H,3-4,7-14H2,(H,22,27)/t19-/m0/s1. The molecule has 7 nitrogen and oxygen atoms in total. The molecule has 2 aromatic rings. The van der Waals surface area contributed by atoms with Gasteiger partial charge >= 0.3 is 6.03 Å². The van der Waals surface area contributed by atoms with Crippen LogP contribution in [0.25, 0.3) is 10.9 Å². The average Bonchev–Trinajstić information content (AvgIpc) is 3.32. The van der Waals surface area contributed by atoms with Crippen molar-refractivity contribution >= 4 is 22.8 Å². The van der Waals surface area contributed by atoms with Crippen LogP contribution in [0.1, 0.15) is 24.8 Å². The summed E-state index contributed by atoms with van der Waals surface area (Å²) in [5.74, 6) is 0.0825. The first-order valence-electron chi connectivity index (χ1n) is 10.2. The number of para-hydroxylation sites is 1. The summed E-state index contributed by atoms with van der Waals surface area (Å²) >= 11 is 0. The van der Waals surface area contributed by atoms with Crippen molar-refractivity contribution in [1.82, 2.24) is 20.1 Å². The predicted octanol–water partition coefficient (Wildman–Crippen LogP) is 2.13. The maximum Gasteiger partial charge on any atom is 0.317 e.